The van der Waals surface area contributed by atoms with Crippen LogP contribution in [0.3, 0.4) is 0 Å². The first-order valence-electron chi connectivity index (χ1n) is 13.5. The summed E-state index contributed by atoms with van der Waals surface area (Å²) in [5.41, 5.74) is -1.34. The summed E-state index contributed by atoms with van der Waals surface area (Å²) >= 11 is 0.795. The van der Waals surface area contributed by atoms with Gasteiger partial charge in [-0.1, -0.05) is 13.0 Å². The van der Waals surface area contributed by atoms with Gasteiger partial charge in [-0.3, -0.25) is 5.32 Å². The zero-order chi connectivity index (χ0) is 30.7. The van der Waals surface area contributed by atoms with E-state index in [-0.39, 0.29) is 59.0 Å². The number of sulfonamides is 1. The largest absolute Gasteiger partial charge is 0.447 e. The second-order valence-corrected chi connectivity index (χ2v) is 13.0. The highest BCUT2D eigenvalue weighted by molar-refractivity contribution is 7.89. The molecule has 1 aromatic heterocycles. The third kappa shape index (κ3) is 7.90. The molecule has 232 valence electrons. The Labute approximate surface area is 245 Å². The molecule has 0 bridgehead atoms. The molecule has 4 rings (SSSR count). The summed E-state index contributed by atoms with van der Waals surface area (Å²) in [6.07, 6.45) is -4.93. The van der Waals surface area contributed by atoms with Crippen LogP contribution < -0.4 is 15.4 Å². The fourth-order valence-electron chi connectivity index (χ4n) is 4.64. The van der Waals surface area contributed by atoms with E-state index in [0.29, 0.717) is 25.7 Å². The summed E-state index contributed by atoms with van der Waals surface area (Å²) in [5.74, 6) is -0.302. The Kier molecular flexibility index (Phi) is 10.0. The van der Waals surface area contributed by atoms with Crippen LogP contribution in [0.5, 0.6) is 0 Å². The van der Waals surface area contributed by atoms with Crippen LogP contribution in [0.4, 0.5) is 28.4 Å². The number of alkyl halides is 3. The van der Waals surface area contributed by atoms with E-state index in [1.54, 1.807) is 13.8 Å². The summed E-state index contributed by atoms with van der Waals surface area (Å²) in [7, 11) is -4.27. The van der Waals surface area contributed by atoms with Crippen LogP contribution in [0.2, 0.25) is 0 Å². The van der Waals surface area contributed by atoms with Crippen molar-refractivity contribution >= 4 is 39.2 Å². The number of hydrogen-bond acceptors (Lipinski definition) is 9. The van der Waals surface area contributed by atoms with Crippen molar-refractivity contribution in [2.45, 2.75) is 81.7 Å². The number of anilines is 1. The molecule has 0 radical (unpaired) electrons. The Balaban J connectivity index is 1.62. The highest BCUT2D eigenvalue weighted by Crippen LogP contribution is 2.46. The number of aromatic nitrogens is 1. The zero-order valence-corrected chi connectivity index (χ0v) is 24.9. The lowest BCUT2D eigenvalue weighted by molar-refractivity contribution is -0.140. The lowest BCUT2D eigenvalue weighted by atomic mass is 9.86. The Morgan fingerprint density at radius 1 is 1.14 bits per heavy atom. The molecule has 42 heavy (non-hydrogen) atoms. The van der Waals surface area contributed by atoms with E-state index in [1.807, 2.05) is 0 Å². The van der Waals surface area contributed by atoms with Gasteiger partial charge in [-0.15, -0.1) is 11.3 Å². The standard InChI is InChI=1S/C26H33F3N4O7S2/c1-4-30-42(36,37)20-11-17(32-25(35)40-18-12-38-13-18)9-10-19(20)21-22(26(27,28)29)33-23(41-21)15-5-7-16(8-6-15)31-24(34)39-14(2)3/h9-11,14-16,18,30H,4-8,12-13H2,1-3H3,(H,31,34)(H,32,35)/t15-,16-. The van der Waals surface area contributed by atoms with Crippen LogP contribution in [0.1, 0.15) is 63.1 Å². The van der Waals surface area contributed by atoms with E-state index in [9.17, 15) is 31.2 Å². The number of alkyl carbamates (subject to hydrolysis) is 1. The van der Waals surface area contributed by atoms with Gasteiger partial charge in [0.2, 0.25) is 10.0 Å². The molecular weight excluding hydrogens is 601 g/mol. The van der Waals surface area contributed by atoms with Crippen LogP contribution in [-0.4, -0.2) is 63.6 Å². The third-order valence-electron chi connectivity index (χ3n) is 6.63. The van der Waals surface area contributed by atoms with Gasteiger partial charge in [-0.25, -0.2) is 27.7 Å². The molecule has 0 spiro atoms. The lowest BCUT2D eigenvalue weighted by Crippen LogP contribution is -2.39. The minimum atomic E-state index is -4.85. The number of amides is 2. The number of nitrogens with one attached hydrogen (secondary N) is 3. The van der Waals surface area contributed by atoms with Crippen molar-refractivity contribution in [3.05, 3.63) is 28.9 Å². The Bertz CT molecular complexity index is 1390. The maximum Gasteiger partial charge on any atom is 0.434 e. The van der Waals surface area contributed by atoms with Gasteiger partial charge in [0.25, 0.3) is 0 Å². The average Bonchev–Trinajstić information content (AvgIpc) is 3.32. The van der Waals surface area contributed by atoms with Crippen molar-refractivity contribution in [3.63, 3.8) is 0 Å². The maximum atomic E-state index is 14.2. The fourth-order valence-corrected chi connectivity index (χ4v) is 7.28. The van der Waals surface area contributed by atoms with E-state index in [4.69, 9.17) is 14.2 Å². The Morgan fingerprint density at radius 3 is 2.40 bits per heavy atom. The molecule has 0 unspecified atom stereocenters. The van der Waals surface area contributed by atoms with E-state index in [1.165, 1.54) is 19.1 Å². The number of rotatable bonds is 9. The number of benzene rings is 1. The normalized spacial score (nSPS) is 19.7. The number of carbonyl (C=O) groups is 2. The van der Waals surface area contributed by atoms with Gasteiger partial charge in [0.1, 0.15) is 0 Å². The van der Waals surface area contributed by atoms with Gasteiger partial charge in [-0.05, 0) is 51.7 Å². The summed E-state index contributed by atoms with van der Waals surface area (Å²) in [6.45, 7) is 5.47. The number of halogens is 3. The van der Waals surface area contributed by atoms with Crippen molar-refractivity contribution in [2.24, 2.45) is 0 Å². The molecule has 2 amide bonds. The first kappa shape index (κ1) is 32.0. The maximum absolute atomic E-state index is 14.2. The Hall–Kier alpha value is -2.95. The minimum Gasteiger partial charge on any atom is -0.447 e. The predicted octanol–water partition coefficient (Wildman–Crippen LogP) is 5.24. The van der Waals surface area contributed by atoms with Crippen LogP contribution >= 0.6 is 11.3 Å². The fraction of sp³-hybridized carbons (Fsp3) is 0.577. The molecule has 1 aliphatic heterocycles. The predicted molar refractivity (Wildman–Crippen MR) is 148 cm³/mol. The van der Waals surface area contributed by atoms with Gasteiger partial charge in [-0.2, -0.15) is 13.2 Å². The molecule has 11 nitrogen and oxygen atoms in total. The monoisotopic (exact) mass is 634 g/mol. The first-order chi connectivity index (χ1) is 19.8. The van der Waals surface area contributed by atoms with Gasteiger partial charge < -0.3 is 19.5 Å². The molecule has 16 heteroatoms. The quantitative estimate of drug-likeness (QED) is 0.340. The molecule has 2 fully saturated rings. The molecular formula is C26H33F3N4O7S2. The van der Waals surface area contributed by atoms with E-state index < -0.39 is 45.1 Å². The van der Waals surface area contributed by atoms with Crippen LogP contribution in [0, 0.1) is 0 Å². The van der Waals surface area contributed by atoms with E-state index in [2.05, 4.69) is 20.3 Å². The van der Waals surface area contributed by atoms with Crippen LogP contribution in [0.25, 0.3) is 10.4 Å². The smallest absolute Gasteiger partial charge is 0.434 e. The van der Waals surface area contributed by atoms with Crippen molar-refractivity contribution in [3.8, 4) is 10.4 Å². The van der Waals surface area contributed by atoms with Crippen molar-refractivity contribution in [2.75, 3.05) is 25.1 Å². The second-order valence-electron chi connectivity index (χ2n) is 10.3. The van der Waals surface area contributed by atoms with Gasteiger partial charge >= 0.3 is 18.4 Å². The molecule has 3 N–H and O–H groups in total. The number of nitrogens with zero attached hydrogens (tertiary/aromatic N) is 1. The molecule has 2 aliphatic rings. The van der Waals surface area contributed by atoms with Crippen LogP contribution in [0.15, 0.2) is 23.1 Å². The van der Waals surface area contributed by atoms with Crippen molar-refractivity contribution in [1.29, 1.82) is 0 Å². The molecule has 0 atom stereocenters. The summed E-state index contributed by atoms with van der Waals surface area (Å²) in [6, 6.07) is 3.46. The van der Waals surface area contributed by atoms with Crippen LogP contribution in [-0.2, 0) is 30.4 Å². The van der Waals surface area contributed by atoms with Gasteiger partial charge in [0, 0.05) is 29.8 Å². The highest BCUT2D eigenvalue weighted by Gasteiger charge is 2.40. The molecule has 1 saturated heterocycles. The molecule has 2 aromatic rings. The van der Waals surface area contributed by atoms with Gasteiger partial charge in [0.15, 0.2) is 11.8 Å². The minimum absolute atomic E-state index is 0.00872. The number of thiazole rings is 1. The topological polar surface area (TPSA) is 145 Å². The third-order valence-corrected chi connectivity index (χ3v) is 9.47. The summed E-state index contributed by atoms with van der Waals surface area (Å²) in [5, 5.41) is 5.44. The lowest BCUT2D eigenvalue weighted by Gasteiger charge is -2.28. The molecule has 1 saturated carbocycles. The number of ether oxygens (including phenoxy) is 3. The average molecular weight is 635 g/mol. The molecule has 2 heterocycles. The SMILES string of the molecule is CCNS(=O)(=O)c1cc(NC(=O)OC2COC2)ccc1-c1sc([C@H]2CC[C@H](NC(=O)OC(C)C)CC2)nc1C(F)(F)F. The Morgan fingerprint density at radius 2 is 1.83 bits per heavy atom. The van der Waals surface area contributed by atoms with E-state index in [0.717, 1.165) is 17.4 Å². The highest BCUT2D eigenvalue weighted by atomic mass is 32.2. The summed E-state index contributed by atoms with van der Waals surface area (Å²) in [4.78, 5) is 27.3. The van der Waals surface area contributed by atoms with E-state index >= 15 is 0 Å². The summed E-state index contributed by atoms with van der Waals surface area (Å²) < 4.78 is 86.5. The first-order valence-corrected chi connectivity index (χ1v) is 15.8. The van der Waals surface area contributed by atoms with Crippen molar-refractivity contribution < 1.29 is 45.4 Å². The zero-order valence-electron chi connectivity index (χ0n) is 23.2. The number of carbonyl (C=O) groups excluding carboxylic acids is 2. The number of hydrogen-bond donors (Lipinski definition) is 3. The van der Waals surface area contributed by atoms with Crippen molar-refractivity contribution in [1.82, 2.24) is 15.0 Å². The molecule has 1 aliphatic carbocycles. The van der Waals surface area contributed by atoms with Gasteiger partial charge in [0.05, 0.1) is 34.1 Å². The second kappa shape index (κ2) is 13.1. The molecule has 1 aromatic carbocycles.